The summed E-state index contributed by atoms with van der Waals surface area (Å²) in [5, 5.41) is 7.43. The Hall–Kier alpha value is 1.55. The molecule has 0 aliphatic heterocycles. The van der Waals surface area contributed by atoms with Gasteiger partial charge in [-0.05, 0) is 0 Å². The molecule has 0 amide bonds. The van der Waals surface area contributed by atoms with Crippen LogP contribution in [0.25, 0.3) is 0 Å². The van der Waals surface area contributed by atoms with Gasteiger partial charge >= 0.3 is 59.1 Å². The van der Waals surface area contributed by atoms with Gasteiger partial charge in [0.15, 0.2) is 0 Å². The van der Waals surface area contributed by atoms with E-state index in [1.807, 2.05) is 5.97 Å². The van der Waals surface area contributed by atoms with Gasteiger partial charge in [-0.2, -0.15) is 5.97 Å². The average Bonchev–Trinajstić information content (AvgIpc) is 0.918. The Morgan fingerprint density at radius 3 is 1.60 bits per heavy atom. The fraction of sp³-hybridized carbons (Fsp3) is 0. The minimum atomic E-state index is 0. The second-order valence-corrected chi connectivity index (χ2v) is 0. The monoisotopic (exact) mass is 88.0 g/mol. The first-order valence-corrected chi connectivity index (χ1v) is 0.224. The number of hydrogen-bond acceptors (Lipinski definition) is 1. The minimum Gasteiger partial charge on any atom is -1.00 e. The van der Waals surface area contributed by atoms with Crippen molar-refractivity contribution in [3.8, 4) is 5.97 Å². The van der Waals surface area contributed by atoms with Crippen LogP contribution in [0, 0.1) is 11.2 Å². The molecule has 0 radical (unpaired) electrons. The zero-order chi connectivity index (χ0) is 2.71. The third kappa shape index (κ3) is 29.0. The smallest absolute Gasteiger partial charge is 1.00 e. The molecule has 18 valence electrons. The van der Waals surface area contributed by atoms with Crippen LogP contribution in [-0.2, 0) is 0 Å². The van der Waals surface area contributed by atoms with Crippen molar-refractivity contribution < 1.29 is 60.5 Å². The number of nitriles is 1. The van der Waals surface area contributed by atoms with Crippen molar-refractivity contribution in [3.05, 3.63) is 0 Å². The molecule has 0 aliphatic carbocycles. The van der Waals surface area contributed by atoms with Gasteiger partial charge in [0.2, 0.25) is 0 Å². The summed E-state index contributed by atoms with van der Waals surface area (Å²) in [4.78, 5) is 0. The maximum atomic E-state index is 7.43. The molecule has 5 heavy (non-hydrogen) atoms. The summed E-state index contributed by atoms with van der Waals surface area (Å²) < 4.78 is 0. The van der Waals surface area contributed by atoms with Crippen molar-refractivity contribution in [3.63, 3.8) is 0 Å². The van der Waals surface area contributed by atoms with Crippen molar-refractivity contribution in [1.29, 1.82) is 5.26 Å². The second-order valence-electron chi connectivity index (χ2n) is 0. The Morgan fingerprint density at radius 1 is 1.60 bits per heavy atom. The average molecular weight is 87.8 g/mol. The van der Waals surface area contributed by atoms with Gasteiger partial charge in [-0.25, -0.2) is 0 Å². The third-order valence-corrected chi connectivity index (χ3v) is 0. The topological polar surface area (TPSA) is 23.8 Å². The molecule has 0 spiro atoms. The van der Waals surface area contributed by atoms with Gasteiger partial charge < -0.3 is 1.43 Å². The molecular weight excluding hydrogens is 82.8 g/mol. The molecule has 0 aliphatic rings. The van der Waals surface area contributed by atoms with Crippen LogP contribution < -0.4 is 59.1 Å². The normalized spacial score (nSPS) is 1.60. The van der Waals surface area contributed by atoms with E-state index < -0.39 is 0 Å². The summed E-state index contributed by atoms with van der Waals surface area (Å²) in [6.45, 7) is 0. The minimum absolute atomic E-state index is 0. The molecular formula is CH4BNNa2. The first-order valence-electron chi connectivity index (χ1n) is 0.224. The van der Waals surface area contributed by atoms with E-state index in [0.29, 0.717) is 0 Å². The Balaban J connectivity index is -0.00000000667. The molecule has 0 bridgehead atoms. The van der Waals surface area contributed by atoms with Crippen LogP contribution in [0.2, 0.25) is 0 Å². The molecule has 0 saturated heterocycles. The van der Waals surface area contributed by atoms with E-state index in [4.69, 9.17) is 5.26 Å². The van der Waals surface area contributed by atoms with Crippen molar-refractivity contribution >= 4 is 7.85 Å². The molecule has 0 fully saturated rings. The zero-order valence-electron chi connectivity index (χ0n) is 3.95. The van der Waals surface area contributed by atoms with Crippen molar-refractivity contribution in [1.82, 2.24) is 0 Å². The maximum Gasteiger partial charge on any atom is 1.00 e. The molecule has 1 nitrogen and oxygen atoms in total. The van der Waals surface area contributed by atoms with Crippen molar-refractivity contribution in [2.75, 3.05) is 0 Å². The van der Waals surface area contributed by atoms with E-state index in [2.05, 4.69) is 0 Å². The summed E-state index contributed by atoms with van der Waals surface area (Å²) in [6.07, 6.45) is 0. The SMILES string of the molecule is [2H-].[BH3-]C#N.[Na+].[Na+]. The largest absolute Gasteiger partial charge is 1.00 e. The van der Waals surface area contributed by atoms with E-state index >= 15 is 0 Å². The first-order chi connectivity index (χ1) is 1.41. The summed E-state index contributed by atoms with van der Waals surface area (Å²) in [5.74, 6) is 2.00. The van der Waals surface area contributed by atoms with Gasteiger partial charge in [-0.15, -0.1) is 0 Å². The Bertz CT molecular complexity index is 35.0. The van der Waals surface area contributed by atoms with E-state index in [1.54, 1.807) is 0 Å². The molecule has 4 heteroatoms. The van der Waals surface area contributed by atoms with Crippen molar-refractivity contribution in [2.24, 2.45) is 0 Å². The van der Waals surface area contributed by atoms with Crippen LogP contribution in [0.4, 0.5) is 0 Å². The fourth-order valence-electron chi connectivity index (χ4n) is 0. The van der Waals surface area contributed by atoms with Gasteiger partial charge in [0, 0.05) is 0 Å². The van der Waals surface area contributed by atoms with Crippen LogP contribution in [0.5, 0.6) is 0 Å². The molecule has 0 aromatic carbocycles. The van der Waals surface area contributed by atoms with Crippen LogP contribution in [0.3, 0.4) is 0 Å². The Morgan fingerprint density at radius 2 is 1.60 bits per heavy atom. The standard InChI is InChI=1S/CH3BN.2Na.H/c2-1-3;;;/h2H3;;;/q-1;2*+1;-1/i;;;1+1. The first kappa shape index (κ1) is 16.0. The summed E-state index contributed by atoms with van der Waals surface area (Å²) in [5.41, 5.74) is 0. The molecule has 0 atom stereocenters. The number of rotatable bonds is 0. The Labute approximate surface area is 78.6 Å². The fourth-order valence-corrected chi connectivity index (χ4v) is 0. The predicted molar refractivity (Wildman–Crippen MR) is 16.7 cm³/mol. The molecule has 0 unspecified atom stereocenters. The Kier molecular flexibility index (Phi) is 56.5. The number of nitrogens with zero attached hydrogens (tertiary/aromatic N) is 1. The van der Waals surface area contributed by atoms with Crippen LogP contribution in [0.1, 0.15) is 1.43 Å². The maximum absolute atomic E-state index is 7.43. The van der Waals surface area contributed by atoms with E-state index in [0.717, 1.165) is 0 Å². The van der Waals surface area contributed by atoms with Crippen molar-refractivity contribution in [2.45, 2.75) is 0 Å². The molecule has 0 N–H and O–H groups in total. The van der Waals surface area contributed by atoms with Gasteiger partial charge in [0.1, 0.15) is 0 Å². The third-order valence-electron chi connectivity index (χ3n) is 0. The zero-order valence-corrected chi connectivity index (χ0v) is 6.95. The summed E-state index contributed by atoms with van der Waals surface area (Å²) in [7, 11) is 0.0694. The molecule has 0 saturated carbocycles. The quantitative estimate of drug-likeness (QED) is 0.270. The molecule has 0 aromatic rings. The molecule has 0 aromatic heterocycles. The summed E-state index contributed by atoms with van der Waals surface area (Å²) >= 11 is 0. The molecule has 0 rings (SSSR count). The van der Waals surface area contributed by atoms with Crippen LogP contribution >= 0.6 is 0 Å². The van der Waals surface area contributed by atoms with Gasteiger partial charge in [0.25, 0.3) is 0 Å². The van der Waals surface area contributed by atoms with Gasteiger partial charge in [0.05, 0.1) is 7.85 Å². The van der Waals surface area contributed by atoms with Crippen LogP contribution in [-0.4, -0.2) is 7.85 Å². The molecule has 0 heterocycles. The second kappa shape index (κ2) is 17.7. The van der Waals surface area contributed by atoms with E-state index in [9.17, 15) is 0 Å². The van der Waals surface area contributed by atoms with E-state index in [-0.39, 0.29) is 68.4 Å². The van der Waals surface area contributed by atoms with Gasteiger partial charge in [-0.3, -0.25) is 5.26 Å². The van der Waals surface area contributed by atoms with Crippen LogP contribution in [0.15, 0.2) is 0 Å². The predicted octanol–water partition coefficient (Wildman–Crippen LogP) is -7.05. The van der Waals surface area contributed by atoms with E-state index in [1.165, 1.54) is 0 Å². The van der Waals surface area contributed by atoms with Gasteiger partial charge in [-0.1, -0.05) is 0 Å². The summed E-state index contributed by atoms with van der Waals surface area (Å²) in [6, 6.07) is 0. The number of hydrogen-bond donors (Lipinski definition) is 0.